The zero-order valence-electron chi connectivity index (χ0n) is 11.8. The number of rotatable bonds is 4. The van der Waals surface area contributed by atoms with Gasteiger partial charge in [0.25, 0.3) is 0 Å². The van der Waals surface area contributed by atoms with Crippen LogP contribution in [0.15, 0.2) is 67.3 Å². The van der Waals surface area contributed by atoms with Crippen LogP contribution in [0.4, 0.5) is 0 Å². The molecule has 0 fully saturated rings. The molecule has 1 radical (unpaired) electrons. The number of hydrogen-bond donors (Lipinski definition) is 0. The van der Waals surface area contributed by atoms with Gasteiger partial charge in [-0.2, -0.15) is 0 Å². The van der Waals surface area contributed by atoms with Crippen molar-refractivity contribution in [3.05, 3.63) is 84.3 Å². The highest BCUT2D eigenvalue weighted by molar-refractivity contribution is 5.83. The number of aryl methyl sites for hydroxylation is 1. The van der Waals surface area contributed by atoms with Crippen molar-refractivity contribution in [2.75, 3.05) is 0 Å². The van der Waals surface area contributed by atoms with Crippen LogP contribution in [0.1, 0.15) is 11.1 Å². The van der Waals surface area contributed by atoms with Gasteiger partial charge < -0.3 is 4.74 Å². The second kappa shape index (κ2) is 5.41. The lowest BCUT2D eigenvalue weighted by Crippen LogP contribution is -2.04. The number of esters is 1. The summed E-state index contributed by atoms with van der Waals surface area (Å²) in [5.74, 6) is 1.42. The molecule has 2 aromatic rings. The zero-order chi connectivity index (χ0) is 14.8. The Kier molecular flexibility index (Phi) is 3.44. The predicted octanol–water partition coefficient (Wildman–Crippen LogP) is 4.25. The van der Waals surface area contributed by atoms with Gasteiger partial charge in [0.05, 0.1) is 0 Å². The van der Waals surface area contributed by atoms with E-state index in [1.54, 1.807) is 0 Å². The van der Waals surface area contributed by atoms with Gasteiger partial charge in [-0.25, -0.2) is 4.79 Å². The third-order valence-electron chi connectivity index (χ3n) is 3.44. The van der Waals surface area contributed by atoms with Crippen molar-refractivity contribution in [2.45, 2.75) is 6.92 Å². The fourth-order valence-corrected chi connectivity index (χ4v) is 2.18. The number of ether oxygens (including phenoxy) is 1. The third kappa shape index (κ3) is 2.95. The highest BCUT2D eigenvalue weighted by Crippen LogP contribution is 2.31. The first-order valence-electron chi connectivity index (χ1n) is 6.78. The van der Waals surface area contributed by atoms with Crippen LogP contribution in [-0.2, 0) is 4.79 Å². The average molecular weight is 275 g/mol. The average Bonchev–Trinajstić information content (AvgIpc) is 3.34. The van der Waals surface area contributed by atoms with E-state index in [0.717, 1.165) is 22.8 Å². The van der Waals surface area contributed by atoms with Crippen molar-refractivity contribution in [1.82, 2.24) is 0 Å². The van der Waals surface area contributed by atoms with Gasteiger partial charge in [-0.15, -0.1) is 0 Å². The second-order valence-electron chi connectivity index (χ2n) is 4.97. The zero-order valence-corrected chi connectivity index (χ0v) is 11.8. The molecule has 0 heterocycles. The monoisotopic (exact) mass is 275 g/mol. The summed E-state index contributed by atoms with van der Waals surface area (Å²) in [6.45, 7) is 5.32. The molecule has 0 spiro atoms. The summed E-state index contributed by atoms with van der Waals surface area (Å²) in [6, 6.07) is 14.2. The summed E-state index contributed by atoms with van der Waals surface area (Å²) in [6.07, 6.45) is 5.36. The molecule has 0 unspecified atom stereocenters. The summed E-state index contributed by atoms with van der Waals surface area (Å²) in [4.78, 5) is 11.2. The maximum absolute atomic E-state index is 11.2. The summed E-state index contributed by atoms with van der Waals surface area (Å²) in [7, 11) is 0. The van der Waals surface area contributed by atoms with Gasteiger partial charge in [0.1, 0.15) is 5.75 Å². The fourth-order valence-electron chi connectivity index (χ4n) is 2.18. The lowest BCUT2D eigenvalue weighted by molar-refractivity contribution is -0.129. The van der Waals surface area contributed by atoms with Crippen molar-refractivity contribution in [2.24, 2.45) is 0 Å². The molecule has 1 aliphatic carbocycles. The fraction of sp³-hybridized carbons (Fsp3) is 0.0526. The Balaban J connectivity index is 1.83. The minimum absolute atomic E-state index is 0.441. The number of carbonyl (C=O) groups is 1. The van der Waals surface area contributed by atoms with Crippen molar-refractivity contribution >= 4 is 5.97 Å². The second-order valence-corrected chi connectivity index (χ2v) is 4.97. The number of benzene rings is 2. The van der Waals surface area contributed by atoms with E-state index in [1.807, 2.05) is 25.1 Å². The molecule has 0 N–H and O–H groups in total. The summed E-state index contributed by atoms with van der Waals surface area (Å²) in [5, 5.41) is 0. The number of carbonyl (C=O) groups excluding carboxylic acids is 1. The smallest absolute Gasteiger partial charge is 0.335 e. The van der Waals surface area contributed by atoms with Gasteiger partial charge in [0.2, 0.25) is 0 Å². The maximum Gasteiger partial charge on any atom is 0.335 e. The Morgan fingerprint density at radius 1 is 1.00 bits per heavy atom. The summed E-state index contributed by atoms with van der Waals surface area (Å²) < 4.78 is 5.18. The normalized spacial score (nSPS) is 13.0. The van der Waals surface area contributed by atoms with E-state index in [4.69, 9.17) is 4.74 Å². The Morgan fingerprint density at radius 2 is 1.62 bits per heavy atom. The van der Waals surface area contributed by atoms with Crippen LogP contribution in [0, 0.1) is 12.8 Å². The Morgan fingerprint density at radius 3 is 2.19 bits per heavy atom. The van der Waals surface area contributed by atoms with Crippen molar-refractivity contribution in [3.63, 3.8) is 0 Å². The molecular formula is C19H15O2. The number of allylic oxidation sites excluding steroid dienone is 2. The first-order valence-corrected chi connectivity index (χ1v) is 6.78. The molecule has 0 atom stereocenters. The summed E-state index contributed by atoms with van der Waals surface area (Å²) in [5.41, 5.74) is 4.41. The predicted molar refractivity (Wildman–Crippen MR) is 83.9 cm³/mol. The Hall–Kier alpha value is -2.61. The largest absolute Gasteiger partial charge is 0.423 e. The molecule has 3 rings (SSSR count). The maximum atomic E-state index is 11.2. The van der Waals surface area contributed by atoms with Crippen LogP contribution in [0.3, 0.4) is 0 Å². The molecule has 2 aromatic carbocycles. The first-order chi connectivity index (χ1) is 10.2. The van der Waals surface area contributed by atoms with Gasteiger partial charge in [0, 0.05) is 12.0 Å². The lowest BCUT2D eigenvalue weighted by atomic mass is 10.00. The Bertz CT molecular complexity index is 718. The molecule has 1 aliphatic rings. The van der Waals surface area contributed by atoms with Crippen LogP contribution in [0.5, 0.6) is 5.75 Å². The van der Waals surface area contributed by atoms with E-state index in [0.29, 0.717) is 5.75 Å². The summed E-state index contributed by atoms with van der Waals surface area (Å²) >= 11 is 0. The van der Waals surface area contributed by atoms with E-state index in [9.17, 15) is 4.79 Å². The van der Waals surface area contributed by atoms with Gasteiger partial charge in [-0.05, 0) is 41.3 Å². The topological polar surface area (TPSA) is 26.3 Å². The molecule has 0 saturated heterocycles. The third-order valence-corrected chi connectivity index (χ3v) is 3.44. The molecular weight excluding hydrogens is 260 g/mol. The minimum atomic E-state index is -0.441. The van der Waals surface area contributed by atoms with E-state index >= 15 is 0 Å². The molecule has 103 valence electrons. The molecule has 2 heteroatoms. The van der Waals surface area contributed by atoms with E-state index in [-0.39, 0.29) is 0 Å². The van der Waals surface area contributed by atoms with Crippen molar-refractivity contribution in [1.29, 1.82) is 0 Å². The van der Waals surface area contributed by atoms with Crippen LogP contribution in [0.2, 0.25) is 0 Å². The lowest BCUT2D eigenvalue weighted by Gasteiger charge is -2.09. The SMILES string of the molecule is C=CC(=O)Oc1ccc(-c2ccc([C]3C=C3)cc2)cc1C. The molecule has 0 amide bonds. The standard InChI is InChI=1S/C19H15O2/c1-3-19(20)21-18-11-10-17(12-13(18)2)16-8-6-15(7-9-16)14-4-5-14/h3-12H,1H2,2H3. The molecule has 0 aromatic heterocycles. The highest BCUT2D eigenvalue weighted by Gasteiger charge is 2.14. The van der Waals surface area contributed by atoms with Crippen molar-refractivity contribution < 1.29 is 9.53 Å². The molecule has 0 saturated carbocycles. The highest BCUT2D eigenvalue weighted by atomic mass is 16.5. The molecule has 0 bridgehead atoms. The van der Waals surface area contributed by atoms with Gasteiger partial charge in [-0.3, -0.25) is 0 Å². The van der Waals surface area contributed by atoms with Gasteiger partial charge in [0.15, 0.2) is 0 Å². The van der Waals surface area contributed by atoms with Crippen LogP contribution < -0.4 is 4.74 Å². The first kappa shape index (κ1) is 13.4. The van der Waals surface area contributed by atoms with Crippen molar-refractivity contribution in [3.8, 4) is 16.9 Å². The number of hydrogen-bond acceptors (Lipinski definition) is 2. The molecule has 21 heavy (non-hydrogen) atoms. The quantitative estimate of drug-likeness (QED) is 0.474. The minimum Gasteiger partial charge on any atom is -0.423 e. The van der Waals surface area contributed by atoms with E-state index < -0.39 is 5.97 Å². The van der Waals surface area contributed by atoms with Gasteiger partial charge in [-0.1, -0.05) is 49.1 Å². The van der Waals surface area contributed by atoms with Crippen LogP contribution >= 0.6 is 0 Å². The van der Waals surface area contributed by atoms with Crippen LogP contribution in [-0.4, -0.2) is 5.97 Å². The van der Waals surface area contributed by atoms with Crippen LogP contribution in [0.25, 0.3) is 11.1 Å². The molecule has 2 nitrogen and oxygen atoms in total. The van der Waals surface area contributed by atoms with E-state index in [2.05, 4.69) is 43.0 Å². The van der Waals surface area contributed by atoms with Gasteiger partial charge >= 0.3 is 5.97 Å². The van der Waals surface area contributed by atoms with E-state index in [1.165, 1.54) is 11.5 Å². The Labute approximate surface area is 124 Å². The molecule has 0 aliphatic heterocycles.